The molecular formula is C28H32N2O4. The Bertz CT molecular complexity index is 1110. The highest BCUT2D eigenvalue weighted by atomic mass is 16.3. The SMILES string of the molecule is CC(CCC(=O)NCC(=O)C(O)CCc1ccccc1)CNC(=O)c1cccc2ccccc12. The van der Waals surface area contributed by atoms with Crippen LogP contribution in [0.4, 0.5) is 0 Å². The summed E-state index contributed by atoms with van der Waals surface area (Å²) in [6.45, 7) is 2.24. The quantitative estimate of drug-likeness (QED) is 0.384. The predicted octanol–water partition coefficient (Wildman–Crippen LogP) is 3.66. The zero-order valence-corrected chi connectivity index (χ0v) is 19.5. The Morgan fingerprint density at radius 1 is 0.853 bits per heavy atom. The summed E-state index contributed by atoms with van der Waals surface area (Å²) in [4.78, 5) is 36.9. The number of hydrogen-bond acceptors (Lipinski definition) is 4. The third-order valence-electron chi connectivity index (χ3n) is 5.89. The van der Waals surface area contributed by atoms with E-state index in [4.69, 9.17) is 0 Å². The maximum atomic E-state index is 12.6. The van der Waals surface area contributed by atoms with Crippen molar-refractivity contribution in [2.75, 3.05) is 13.1 Å². The van der Waals surface area contributed by atoms with Gasteiger partial charge in [-0.05, 0) is 47.6 Å². The second-order valence-corrected chi connectivity index (χ2v) is 8.66. The van der Waals surface area contributed by atoms with Crippen molar-refractivity contribution in [2.45, 2.75) is 38.7 Å². The maximum Gasteiger partial charge on any atom is 0.251 e. The molecule has 2 unspecified atom stereocenters. The number of amides is 2. The van der Waals surface area contributed by atoms with Crippen LogP contribution in [0.15, 0.2) is 72.8 Å². The second-order valence-electron chi connectivity index (χ2n) is 8.66. The first-order valence-corrected chi connectivity index (χ1v) is 11.7. The lowest BCUT2D eigenvalue weighted by atomic mass is 10.0. The van der Waals surface area contributed by atoms with Crippen LogP contribution < -0.4 is 10.6 Å². The van der Waals surface area contributed by atoms with Crippen molar-refractivity contribution < 1.29 is 19.5 Å². The molecule has 6 heteroatoms. The van der Waals surface area contributed by atoms with Crippen LogP contribution in [0.25, 0.3) is 10.8 Å². The highest BCUT2D eigenvalue weighted by Crippen LogP contribution is 2.18. The molecular weight excluding hydrogens is 428 g/mol. The number of hydrogen-bond donors (Lipinski definition) is 3. The molecule has 2 atom stereocenters. The van der Waals surface area contributed by atoms with Gasteiger partial charge >= 0.3 is 0 Å². The molecule has 0 spiro atoms. The van der Waals surface area contributed by atoms with Gasteiger partial charge in [0.1, 0.15) is 6.10 Å². The molecule has 6 nitrogen and oxygen atoms in total. The molecule has 34 heavy (non-hydrogen) atoms. The lowest BCUT2D eigenvalue weighted by molar-refractivity contribution is -0.129. The third-order valence-corrected chi connectivity index (χ3v) is 5.89. The van der Waals surface area contributed by atoms with E-state index in [2.05, 4.69) is 10.6 Å². The molecule has 0 aliphatic heterocycles. The number of fused-ring (bicyclic) bond motifs is 1. The minimum atomic E-state index is -1.09. The number of carbonyl (C=O) groups is 3. The minimum absolute atomic E-state index is 0.0943. The van der Waals surface area contributed by atoms with Gasteiger partial charge in [-0.15, -0.1) is 0 Å². The molecule has 3 N–H and O–H groups in total. The van der Waals surface area contributed by atoms with Gasteiger partial charge in [-0.2, -0.15) is 0 Å². The van der Waals surface area contributed by atoms with Gasteiger partial charge in [0.15, 0.2) is 5.78 Å². The number of aliphatic hydroxyl groups excluding tert-OH is 1. The second kappa shape index (κ2) is 12.7. The number of aryl methyl sites for hydroxylation is 1. The fraction of sp³-hybridized carbons (Fsp3) is 0.321. The minimum Gasteiger partial charge on any atom is -0.385 e. The van der Waals surface area contributed by atoms with E-state index in [1.807, 2.05) is 73.7 Å². The van der Waals surface area contributed by atoms with Crippen molar-refractivity contribution in [3.05, 3.63) is 83.9 Å². The van der Waals surface area contributed by atoms with Crippen LogP contribution in [-0.4, -0.2) is 41.9 Å². The Balaban J connectivity index is 1.34. The number of benzene rings is 3. The summed E-state index contributed by atoms with van der Waals surface area (Å²) < 4.78 is 0. The van der Waals surface area contributed by atoms with Crippen LogP contribution in [0, 0.1) is 5.92 Å². The first-order valence-electron chi connectivity index (χ1n) is 11.7. The van der Waals surface area contributed by atoms with Gasteiger partial charge < -0.3 is 15.7 Å². The van der Waals surface area contributed by atoms with E-state index in [-0.39, 0.29) is 36.5 Å². The van der Waals surface area contributed by atoms with Gasteiger partial charge in [-0.25, -0.2) is 0 Å². The highest BCUT2D eigenvalue weighted by Gasteiger charge is 2.16. The van der Waals surface area contributed by atoms with Gasteiger partial charge in [0.25, 0.3) is 5.91 Å². The summed E-state index contributed by atoms with van der Waals surface area (Å²) in [6.07, 6.45) is 0.657. The van der Waals surface area contributed by atoms with Crippen LogP contribution in [-0.2, 0) is 16.0 Å². The molecule has 0 aliphatic carbocycles. The molecule has 0 heterocycles. The van der Waals surface area contributed by atoms with Crippen molar-refractivity contribution in [3.8, 4) is 0 Å². The average Bonchev–Trinajstić information content (AvgIpc) is 2.87. The Morgan fingerprint density at radius 3 is 2.35 bits per heavy atom. The molecule has 0 fully saturated rings. The fourth-order valence-corrected chi connectivity index (χ4v) is 3.77. The van der Waals surface area contributed by atoms with Crippen molar-refractivity contribution >= 4 is 28.4 Å². The molecule has 0 radical (unpaired) electrons. The number of carbonyl (C=O) groups excluding carboxylic acids is 3. The molecule has 0 saturated carbocycles. The number of nitrogens with one attached hydrogen (secondary N) is 2. The molecule has 3 rings (SSSR count). The first-order chi connectivity index (χ1) is 16.4. The van der Waals surface area contributed by atoms with Crippen LogP contribution in [0.3, 0.4) is 0 Å². The van der Waals surface area contributed by atoms with Crippen molar-refractivity contribution in [1.29, 1.82) is 0 Å². The van der Waals surface area contributed by atoms with Gasteiger partial charge in [0, 0.05) is 18.5 Å². The first kappa shape index (κ1) is 25.1. The molecule has 178 valence electrons. The molecule has 0 aromatic heterocycles. The van der Waals surface area contributed by atoms with E-state index < -0.39 is 6.10 Å². The van der Waals surface area contributed by atoms with Crippen LogP contribution >= 0.6 is 0 Å². The maximum absolute atomic E-state index is 12.6. The molecule has 3 aromatic carbocycles. The molecule has 0 aliphatic rings. The topological polar surface area (TPSA) is 95.5 Å². The Hall–Kier alpha value is -3.51. The normalized spacial score (nSPS) is 12.6. The van der Waals surface area contributed by atoms with Crippen LogP contribution in [0.2, 0.25) is 0 Å². The van der Waals surface area contributed by atoms with Crippen molar-refractivity contribution in [2.24, 2.45) is 5.92 Å². The summed E-state index contributed by atoms with van der Waals surface area (Å²) >= 11 is 0. The lowest BCUT2D eigenvalue weighted by Crippen LogP contribution is -2.36. The highest BCUT2D eigenvalue weighted by molar-refractivity contribution is 6.07. The largest absolute Gasteiger partial charge is 0.385 e. The predicted molar refractivity (Wildman–Crippen MR) is 133 cm³/mol. The van der Waals surface area contributed by atoms with E-state index in [1.54, 1.807) is 6.07 Å². The van der Waals surface area contributed by atoms with E-state index >= 15 is 0 Å². The van der Waals surface area contributed by atoms with Gasteiger partial charge in [0.2, 0.25) is 5.91 Å². The summed E-state index contributed by atoms with van der Waals surface area (Å²) in [5.41, 5.74) is 1.69. The van der Waals surface area contributed by atoms with Crippen LogP contribution in [0.1, 0.15) is 42.1 Å². The molecule has 0 bridgehead atoms. The summed E-state index contributed by atoms with van der Waals surface area (Å²) in [5, 5.41) is 17.5. The summed E-state index contributed by atoms with van der Waals surface area (Å²) in [7, 11) is 0. The molecule has 2 amide bonds. The van der Waals surface area contributed by atoms with E-state index in [0.29, 0.717) is 31.4 Å². The zero-order chi connectivity index (χ0) is 24.3. The summed E-state index contributed by atoms with van der Waals surface area (Å²) in [6, 6.07) is 23.0. The number of ketones is 1. The zero-order valence-electron chi connectivity index (χ0n) is 19.5. The van der Waals surface area contributed by atoms with Gasteiger partial charge in [-0.1, -0.05) is 73.7 Å². The number of aliphatic hydroxyl groups is 1. The Kier molecular flexibility index (Phi) is 9.35. The Labute approximate surface area is 200 Å². The fourth-order valence-electron chi connectivity index (χ4n) is 3.77. The van der Waals surface area contributed by atoms with Gasteiger partial charge in [-0.3, -0.25) is 14.4 Å². The average molecular weight is 461 g/mol. The smallest absolute Gasteiger partial charge is 0.251 e. The lowest BCUT2D eigenvalue weighted by Gasteiger charge is -2.14. The van der Waals surface area contributed by atoms with Crippen LogP contribution in [0.5, 0.6) is 0 Å². The van der Waals surface area contributed by atoms with E-state index in [1.165, 1.54) is 0 Å². The van der Waals surface area contributed by atoms with E-state index in [0.717, 1.165) is 16.3 Å². The number of rotatable bonds is 12. The van der Waals surface area contributed by atoms with Crippen molar-refractivity contribution in [3.63, 3.8) is 0 Å². The monoisotopic (exact) mass is 460 g/mol. The molecule has 0 saturated heterocycles. The Morgan fingerprint density at radius 2 is 1.56 bits per heavy atom. The summed E-state index contributed by atoms with van der Waals surface area (Å²) in [5.74, 6) is -0.671. The van der Waals surface area contributed by atoms with Gasteiger partial charge in [0.05, 0.1) is 6.54 Å². The number of Topliss-reactive ketones (excluding diaryl/α,β-unsaturated/α-hetero) is 1. The van der Waals surface area contributed by atoms with E-state index in [9.17, 15) is 19.5 Å². The standard InChI is InChI=1S/C28H32N2O4/c1-20(18-30-28(34)24-13-7-11-22-10-5-6-12-23(22)24)14-17-27(33)29-19-26(32)25(31)16-15-21-8-3-2-4-9-21/h2-13,20,25,31H,14-19H2,1H3,(H,29,33)(H,30,34). The third kappa shape index (κ3) is 7.52. The van der Waals surface area contributed by atoms with Crippen molar-refractivity contribution in [1.82, 2.24) is 10.6 Å². The molecule has 3 aromatic rings.